The van der Waals surface area contributed by atoms with Crippen LogP contribution >= 0.6 is 0 Å². The number of hydrogen-bond acceptors (Lipinski definition) is 5. The molecule has 0 aliphatic carbocycles. The van der Waals surface area contributed by atoms with Crippen LogP contribution in [-0.2, 0) is 13.2 Å². The molecule has 4 rings (SSSR count). The van der Waals surface area contributed by atoms with Gasteiger partial charge in [0.25, 0.3) is 0 Å². The van der Waals surface area contributed by atoms with E-state index in [1.165, 1.54) is 11.1 Å². The van der Waals surface area contributed by atoms with Crippen LogP contribution in [0.2, 0.25) is 0 Å². The molecule has 142 valence electrons. The molecule has 1 saturated heterocycles. The molecule has 0 spiro atoms. The summed E-state index contributed by atoms with van der Waals surface area (Å²) < 4.78 is 12.6. The minimum atomic E-state index is -0.289. The third kappa shape index (κ3) is 3.77. The highest BCUT2D eigenvalue weighted by Gasteiger charge is 2.20. The Labute approximate surface area is 158 Å². The highest BCUT2D eigenvalue weighted by molar-refractivity contribution is 5.72. The number of fused-ring (bicyclic) bond motifs is 1. The van der Waals surface area contributed by atoms with Crippen LogP contribution in [0.25, 0.3) is 11.1 Å². The molecule has 6 nitrogen and oxygen atoms in total. The summed E-state index contributed by atoms with van der Waals surface area (Å²) in [6.07, 6.45) is 0. The smallest absolute Gasteiger partial charge is 0.421 e. The van der Waals surface area contributed by atoms with Crippen molar-refractivity contribution in [2.24, 2.45) is 0 Å². The van der Waals surface area contributed by atoms with E-state index >= 15 is 0 Å². The first-order valence-corrected chi connectivity index (χ1v) is 9.30. The number of nitrogens with zero attached hydrogens (tertiary/aromatic N) is 3. The maximum absolute atomic E-state index is 12.2. The Kier molecular flexibility index (Phi) is 5.01. The molecule has 0 saturated carbocycles. The van der Waals surface area contributed by atoms with Gasteiger partial charge in [0.05, 0.1) is 19.3 Å². The Hall–Kier alpha value is -2.57. The fourth-order valence-electron chi connectivity index (χ4n) is 3.71. The van der Waals surface area contributed by atoms with Gasteiger partial charge in [0, 0.05) is 38.3 Å². The molecular weight excluding hydrogens is 342 g/mol. The quantitative estimate of drug-likeness (QED) is 0.694. The fourth-order valence-corrected chi connectivity index (χ4v) is 3.71. The molecule has 0 atom stereocenters. The predicted octanol–water partition coefficient (Wildman–Crippen LogP) is 2.69. The normalized spacial score (nSPS) is 16.1. The molecule has 0 amide bonds. The number of aromatic nitrogens is 1. The number of oxazole rings is 1. The maximum Gasteiger partial charge on any atom is 0.421 e. The van der Waals surface area contributed by atoms with E-state index in [1.54, 1.807) is 11.7 Å². The van der Waals surface area contributed by atoms with Gasteiger partial charge in [0.1, 0.15) is 5.75 Å². The van der Waals surface area contributed by atoms with Crippen molar-refractivity contribution in [3.8, 4) is 5.75 Å². The molecule has 6 heteroatoms. The SMILES string of the molecule is COc1ccc(C)cc1CN1CCN(Cn2c(=O)oc3ccccc32)CC1. The highest BCUT2D eigenvalue weighted by Crippen LogP contribution is 2.22. The molecule has 1 aromatic heterocycles. The van der Waals surface area contributed by atoms with Gasteiger partial charge in [0.15, 0.2) is 5.58 Å². The number of benzene rings is 2. The van der Waals surface area contributed by atoms with Gasteiger partial charge in [-0.1, -0.05) is 29.8 Å². The summed E-state index contributed by atoms with van der Waals surface area (Å²) in [4.78, 5) is 16.9. The molecular formula is C21H25N3O3. The van der Waals surface area contributed by atoms with Gasteiger partial charge in [0.2, 0.25) is 0 Å². The van der Waals surface area contributed by atoms with Crippen LogP contribution in [0.1, 0.15) is 11.1 Å². The average Bonchev–Trinajstić information content (AvgIpc) is 2.99. The van der Waals surface area contributed by atoms with Crippen LogP contribution in [-0.4, -0.2) is 47.7 Å². The van der Waals surface area contributed by atoms with E-state index in [0.29, 0.717) is 12.3 Å². The second-order valence-corrected chi connectivity index (χ2v) is 7.11. The number of hydrogen-bond donors (Lipinski definition) is 0. The van der Waals surface area contributed by atoms with Crippen molar-refractivity contribution in [2.75, 3.05) is 33.3 Å². The number of para-hydroxylation sites is 2. The van der Waals surface area contributed by atoms with E-state index in [-0.39, 0.29) is 5.76 Å². The molecule has 0 unspecified atom stereocenters. The van der Waals surface area contributed by atoms with Gasteiger partial charge in [-0.25, -0.2) is 4.79 Å². The van der Waals surface area contributed by atoms with Crippen molar-refractivity contribution >= 4 is 11.1 Å². The zero-order valence-electron chi connectivity index (χ0n) is 15.9. The van der Waals surface area contributed by atoms with Crippen molar-refractivity contribution in [3.05, 3.63) is 64.1 Å². The molecule has 0 radical (unpaired) electrons. The summed E-state index contributed by atoms with van der Waals surface area (Å²) in [5.74, 6) is 0.655. The van der Waals surface area contributed by atoms with Gasteiger partial charge in [-0.2, -0.15) is 0 Å². The Bertz CT molecular complexity index is 984. The zero-order valence-corrected chi connectivity index (χ0v) is 15.9. The summed E-state index contributed by atoms with van der Waals surface area (Å²) >= 11 is 0. The Balaban J connectivity index is 1.40. The number of aryl methyl sites for hydroxylation is 1. The lowest BCUT2D eigenvalue weighted by Gasteiger charge is -2.34. The lowest BCUT2D eigenvalue weighted by atomic mass is 10.1. The predicted molar refractivity (Wildman–Crippen MR) is 105 cm³/mol. The monoisotopic (exact) mass is 367 g/mol. The van der Waals surface area contributed by atoms with E-state index in [1.807, 2.05) is 30.3 Å². The topological polar surface area (TPSA) is 50.9 Å². The van der Waals surface area contributed by atoms with Crippen molar-refractivity contribution in [2.45, 2.75) is 20.1 Å². The van der Waals surface area contributed by atoms with Crippen LogP contribution in [0.3, 0.4) is 0 Å². The van der Waals surface area contributed by atoms with Crippen LogP contribution in [0.15, 0.2) is 51.7 Å². The summed E-state index contributed by atoms with van der Waals surface area (Å²) in [5, 5.41) is 0. The van der Waals surface area contributed by atoms with Crippen molar-refractivity contribution < 1.29 is 9.15 Å². The summed E-state index contributed by atoms with van der Waals surface area (Å²) in [6.45, 7) is 7.31. The molecule has 2 aromatic carbocycles. The second-order valence-electron chi connectivity index (χ2n) is 7.11. The number of ether oxygens (including phenoxy) is 1. The van der Waals surface area contributed by atoms with Crippen molar-refractivity contribution in [3.63, 3.8) is 0 Å². The minimum absolute atomic E-state index is 0.289. The molecule has 0 N–H and O–H groups in total. The second kappa shape index (κ2) is 7.58. The lowest BCUT2D eigenvalue weighted by molar-refractivity contribution is 0.101. The Morgan fingerprint density at radius 2 is 1.78 bits per heavy atom. The summed E-state index contributed by atoms with van der Waals surface area (Å²) in [7, 11) is 1.72. The number of rotatable bonds is 5. The molecule has 27 heavy (non-hydrogen) atoms. The molecule has 0 bridgehead atoms. The molecule has 2 heterocycles. The maximum atomic E-state index is 12.2. The molecule has 3 aromatic rings. The zero-order chi connectivity index (χ0) is 18.8. The fraction of sp³-hybridized carbons (Fsp3) is 0.381. The van der Waals surface area contributed by atoms with Gasteiger partial charge >= 0.3 is 5.76 Å². The van der Waals surface area contributed by atoms with Gasteiger partial charge in [-0.05, 0) is 25.1 Å². The third-order valence-corrected chi connectivity index (χ3v) is 5.21. The minimum Gasteiger partial charge on any atom is -0.496 e. The highest BCUT2D eigenvalue weighted by atomic mass is 16.5. The molecule has 1 aliphatic heterocycles. The Morgan fingerprint density at radius 3 is 2.56 bits per heavy atom. The van der Waals surface area contributed by atoms with Gasteiger partial charge in [-0.3, -0.25) is 14.4 Å². The standard InChI is InChI=1S/C21H25N3O3/c1-16-7-8-19(26-2)17(13-16)14-22-9-11-23(12-10-22)15-24-18-5-3-4-6-20(18)27-21(24)25/h3-8,13H,9-12,14-15H2,1-2H3. The molecule has 1 fully saturated rings. The van der Waals surface area contributed by atoms with Gasteiger partial charge in [-0.15, -0.1) is 0 Å². The van der Waals surface area contributed by atoms with E-state index in [2.05, 4.69) is 28.9 Å². The third-order valence-electron chi connectivity index (χ3n) is 5.21. The lowest BCUT2D eigenvalue weighted by Crippen LogP contribution is -2.47. The molecule has 1 aliphatic rings. The first-order chi connectivity index (χ1) is 13.1. The van der Waals surface area contributed by atoms with Crippen LogP contribution in [0.4, 0.5) is 0 Å². The van der Waals surface area contributed by atoms with E-state index < -0.39 is 0 Å². The van der Waals surface area contributed by atoms with E-state index in [0.717, 1.165) is 44.0 Å². The number of piperazine rings is 1. The first kappa shape index (κ1) is 17.8. The average molecular weight is 367 g/mol. The van der Waals surface area contributed by atoms with Gasteiger partial charge < -0.3 is 9.15 Å². The van der Waals surface area contributed by atoms with Crippen molar-refractivity contribution in [1.82, 2.24) is 14.4 Å². The van der Waals surface area contributed by atoms with Crippen LogP contribution < -0.4 is 10.5 Å². The Morgan fingerprint density at radius 1 is 1.04 bits per heavy atom. The van der Waals surface area contributed by atoms with E-state index in [4.69, 9.17) is 9.15 Å². The summed E-state index contributed by atoms with van der Waals surface area (Å²) in [5.41, 5.74) is 3.97. The van der Waals surface area contributed by atoms with Crippen molar-refractivity contribution in [1.29, 1.82) is 0 Å². The van der Waals surface area contributed by atoms with Crippen LogP contribution in [0, 0.1) is 6.92 Å². The largest absolute Gasteiger partial charge is 0.496 e. The number of methoxy groups -OCH3 is 1. The first-order valence-electron chi connectivity index (χ1n) is 9.30. The summed E-state index contributed by atoms with van der Waals surface area (Å²) in [6, 6.07) is 13.9. The van der Waals surface area contributed by atoms with E-state index in [9.17, 15) is 4.79 Å². The van der Waals surface area contributed by atoms with Crippen LogP contribution in [0.5, 0.6) is 5.75 Å².